The Labute approximate surface area is 150 Å². The minimum Gasteiger partial charge on any atom is -0.452 e. The second kappa shape index (κ2) is 5.82. The van der Waals surface area contributed by atoms with E-state index in [0.29, 0.717) is 11.3 Å². The van der Waals surface area contributed by atoms with E-state index >= 15 is 0 Å². The minimum atomic E-state index is -1.54. The van der Waals surface area contributed by atoms with E-state index in [2.05, 4.69) is 5.32 Å². The average molecular weight is 357 g/mol. The Morgan fingerprint density at radius 1 is 1.27 bits per heavy atom. The maximum absolute atomic E-state index is 12.9. The number of likely N-dealkylation sites (N-methyl/N-ethyl adjacent to an activating group) is 1. The molecule has 8 heteroatoms. The normalized spacial score (nSPS) is 24.2. The van der Waals surface area contributed by atoms with Gasteiger partial charge in [0.05, 0.1) is 11.3 Å². The van der Waals surface area contributed by atoms with Gasteiger partial charge in [0.1, 0.15) is 0 Å². The number of nitrogens with one attached hydrogen (secondary N) is 1. The van der Waals surface area contributed by atoms with Crippen LogP contribution in [0.5, 0.6) is 0 Å². The van der Waals surface area contributed by atoms with Crippen molar-refractivity contribution in [1.82, 2.24) is 10.2 Å². The van der Waals surface area contributed by atoms with Crippen molar-refractivity contribution >= 4 is 29.4 Å². The molecule has 8 nitrogen and oxygen atoms in total. The number of rotatable bonds is 4. The van der Waals surface area contributed by atoms with E-state index in [-0.39, 0.29) is 36.6 Å². The third-order valence-electron chi connectivity index (χ3n) is 5.15. The summed E-state index contributed by atoms with van der Waals surface area (Å²) in [6.45, 7) is -0.428. The van der Waals surface area contributed by atoms with Crippen LogP contribution in [0.2, 0.25) is 0 Å². The molecule has 2 aliphatic heterocycles. The number of amides is 3. The lowest BCUT2D eigenvalue weighted by Crippen LogP contribution is -2.67. The molecule has 2 heterocycles. The largest absolute Gasteiger partial charge is 0.452 e. The predicted molar refractivity (Wildman–Crippen MR) is 90.1 cm³/mol. The number of carbonyl (C=O) groups is 4. The molecule has 0 spiro atoms. The second-order valence-corrected chi connectivity index (χ2v) is 6.84. The molecule has 4 rings (SSSR count). The van der Waals surface area contributed by atoms with Crippen molar-refractivity contribution in [2.75, 3.05) is 18.6 Å². The Morgan fingerprint density at radius 2 is 2.00 bits per heavy atom. The molecular formula is C18H19N3O5. The molecule has 1 atom stereocenters. The van der Waals surface area contributed by atoms with Gasteiger partial charge < -0.3 is 15.0 Å². The average Bonchev–Trinajstić information content (AvgIpc) is 3.38. The van der Waals surface area contributed by atoms with Crippen molar-refractivity contribution in [2.45, 2.75) is 37.4 Å². The molecule has 0 bridgehead atoms. The van der Waals surface area contributed by atoms with Gasteiger partial charge in [0.2, 0.25) is 11.6 Å². The first-order valence-electron chi connectivity index (χ1n) is 8.62. The number of hydrogen-bond donors (Lipinski definition) is 1. The number of fused-ring (bicyclic) bond motifs is 3. The van der Waals surface area contributed by atoms with E-state index < -0.39 is 18.2 Å². The first kappa shape index (κ1) is 16.6. The first-order valence-corrected chi connectivity index (χ1v) is 8.62. The maximum Gasteiger partial charge on any atom is 0.354 e. The van der Waals surface area contributed by atoms with Crippen LogP contribution in [0.15, 0.2) is 24.3 Å². The zero-order valence-corrected chi connectivity index (χ0v) is 14.4. The summed E-state index contributed by atoms with van der Waals surface area (Å²) >= 11 is 0. The van der Waals surface area contributed by atoms with E-state index in [1.165, 1.54) is 16.8 Å². The van der Waals surface area contributed by atoms with Gasteiger partial charge in [-0.1, -0.05) is 12.1 Å². The van der Waals surface area contributed by atoms with Gasteiger partial charge in [-0.15, -0.1) is 0 Å². The van der Waals surface area contributed by atoms with Crippen LogP contribution in [0.1, 0.15) is 36.0 Å². The highest BCUT2D eigenvalue weighted by Crippen LogP contribution is 2.44. The van der Waals surface area contributed by atoms with Gasteiger partial charge in [0.15, 0.2) is 6.61 Å². The van der Waals surface area contributed by atoms with Crippen molar-refractivity contribution in [3.63, 3.8) is 0 Å². The summed E-state index contributed by atoms with van der Waals surface area (Å²) in [6.07, 6.45) is 2.11. The topological polar surface area (TPSA) is 96.0 Å². The zero-order valence-electron chi connectivity index (χ0n) is 14.4. The quantitative estimate of drug-likeness (QED) is 0.788. The van der Waals surface area contributed by atoms with E-state index in [4.69, 9.17) is 4.74 Å². The number of esters is 1. The number of benzene rings is 1. The summed E-state index contributed by atoms with van der Waals surface area (Å²) in [4.78, 5) is 52.6. The molecule has 1 aliphatic carbocycles. The minimum absolute atomic E-state index is 0.120. The van der Waals surface area contributed by atoms with Crippen molar-refractivity contribution in [3.8, 4) is 0 Å². The van der Waals surface area contributed by atoms with Crippen molar-refractivity contribution in [2.24, 2.45) is 0 Å². The third kappa shape index (κ3) is 2.36. The molecule has 136 valence electrons. The van der Waals surface area contributed by atoms with Crippen molar-refractivity contribution in [1.29, 1.82) is 0 Å². The second-order valence-electron chi connectivity index (χ2n) is 6.84. The molecule has 26 heavy (non-hydrogen) atoms. The molecule has 1 saturated carbocycles. The van der Waals surface area contributed by atoms with Crippen molar-refractivity contribution < 1.29 is 23.9 Å². The van der Waals surface area contributed by atoms with Gasteiger partial charge in [-0.2, -0.15) is 0 Å². The smallest absolute Gasteiger partial charge is 0.354 e. The summed E-state index contributed by atoms with van der Waals surface area (Å²) in [5.74, 6) is -1.75. The number of anilines is 1. The van der Waals surface area contributed by atoms with Crippen molar-refractivity contribution in [3.05, 3.63) is 29.8 Å². The summed E-state index contributed by atoms with van der Waals surface area (Å²) in [5, 5.41) is 2.74. The highest BCUT2D eigenvalue weighted by molar-refractivity contribution is 6.15. The van der Waals surface area contributed by atoms with E-state index in [9.17, 15) is 19.2 Å². The summed E-state index contributed by atoms with van der Waals surface area (Å²) in [7, 11) is 1.48. The molecule has 0 radical (unpaired) electrons. The number of nitrogens with zero attached hydrogens (tertiary/aromatic N) is 2. The summed E-state index contributed by atoms with van der Waals surface area (Å²) in [5.41, 5.74) is -0.778. The fourth-order valence-corrected chi connectivity index (χ4v) is 3.63. The molecule has 1 N–H and O–H groups in total. The highest BCUT2D eigenvalue weighted by atomic mass is 16.5. The molecule has 1 aromatic carbocycles. The SMILES string of the molecule is CN1C(=O)c2ccccc2N2C(=O)CC[C@]12C(=O)OCC(=O)NC1CC1. The molecule has 1 saturated heterocycles. The number of para-hydroxylation sites is 1. The molecule has 3 aliphatic rings. The number of carbonyl (C=O) groups excluding carboxylic acids is 4. The fraction of sp³-hybridized carbons (Fsp3) is 0.444. The monoisotopic (exact) mass is 357 g/mol. The Morgan fingerprint density at radius 3 is 2.73 bits per heavy atom. The molecule has 0 unspecified atom stereocenters. The lowest BCUT2D eigenvalue weighted by Gasteiger charge is -2.46. The Hall–Kier alpha value is -2.90. The van der Waals surface area contributed by atoms with Crippen LogP contribution < -0.4 is 10.2 Å². The summed E-state index contributed by atoms with van der Waals surface area (Å²) in [6, 6.07) is 6.85. The number of ether oxygens (including phenoxy) is 1. The Kier molecular flexibility index (Phi) is 3.71. The fourth-order valence-electron chi connectivity index (χ4n) is 3.63. The highest BCUT2D eigenvalue weighted by Gasteiger charge is 2.60. The van der Waals surface area contributed by atoms with Crippen LogP contribution in [0.25, 0.3) is 0 Å². The van der Waals surface area contributed by atoms with Gasteiger partial charge in [-0.3, -0.25) is 19.3 Å². The van der Waals surface area contributed by atoms with E-state index in [0.717, 1.165) is 12.8 Å². The van der Waals surface area contributed by atoms with Crippen LogP contribution >= 0.6 is 0 Å². The van der Waals surface area contributed by atoms with Gasteiger partial charge >= 0.3 is 5.97 Å². The van der Waals surface area contributed by atoms with Gasteiger partial charge in [-0.25, -0.2) is 4.79 Å². The van der Waals surface area contributed by atoms with Gasteiger partial charge in [-0.05, 0) is 25.0 Å². The van der Waals surface area contributed by atoms with Crippen LogP contribution in [0.3, 0.4) is 0 Å². The van der Waals surface area contributed by atoms with Crippen LogP contribution in [-0.2, 0) is 19.1 Å². The van der Waals surface area contributed by atoms with E-state index in [1.807, 2.05) is 0 Å². The summed E-state index contributed by atoms with van der Waals surface area (Å²) < 4.78 is 5.22. The Bertz CT molecular complexity index is 819. The third-order valence-corrected chi connectivity index (χ3v) is 5.15. The molecular weight excluding hydrogens is 338 g/mol. The predicted octanol–water partition coefficient (Wildman–Crippen LogP) is 0.417. The molecule has 1 aromatic rings. The van der Waals surface area contributed by atoms with E-state index in [1.54, 1.807) is 24.3 Å². The lowest BCUT2D eigenvalue weighted by atomic mass is 9.97. The Balaban J connectivity index is 1.64. The molecule has 0 aromatic heterocycles. The maximum atomic E-state index is 12.9. The molecule has 3 amide bonds. The van der Waals surface area contributed by atoms with Crippen LogP contribution in [-0.4, -0.2) is 54.0 Å². The standard InChI is InChI=1S/C18H19N3O5/c1-20-16(24)12-4-2-3-5-13(12)21-15(23)8-9-18(20,21)17(25)26-10-14(22)19-11-6-7-11/h2-5,11H,6-10H2,1H3,(H,19,22)/t18-/m0/s1. The zero-order chi connectivity index (χ0) is 18.5. The molecule has 2 fully saturated rings. The van der Waals surface area contributed by atoms with Gasteiger partial charge in [0, 0.05) is 25.9 Å². The first-order chi connectivity index (χ1) is 12.4. The van der Waals surface area contributed by atoms with Crippen LogP contribution in [0.4, 0.5) is 5.69 Å². The number of hydrogen-bond acceptors (Lipinski definition) is 5. The van der Waals surface area contributed by atoms with Crippen LogP contribution in [0, 0.1) is 0 Å². The van der Waals surface area contributed by atoms with Gasteiger partial charge in [0.25, 0.3) is 11.8 Å². The lowest BCUT2D eigenvalue weighted by molar-refractivity contribution is -0.159.